The van der Waals surface area contributed by atoms with Gasteiger partial charge in [0.25, 0.3) is 0 Å². The SMILES string of the molecule is Cc1nc2c(ccn2C)c(C(=O)O)c1Br. The third kappa shape index (κ3) is 1.43. The van der Waals surface area contributed by atoms with Crippen molar-refractivity contribution in [1.82, 2.24) is 9.55 Å². The second kappa shape index (κ2) is 3.34. The minimum Gasteiger partial charge on any atom is -0.478 e. The van der Waals surface area contributed by atoms with E-state index in [4.69, 9.17) is 5.11 Å². The van der Waals surface area contributed by atoms with Crippen LogP contribution in [0.25, 0.3) is 11.0 Å². The van der Waals surface area contributed by atoms with Crippen molar-refractivity contribution in [3.05, 3.63) is 28.0 Å². The smallest absolute Gasteiger partial charge is 0.337 e. The Morgan fingerprint density at radius 2 is 2.27 bits per heavy atom. The highest BCUT2D eigenvalue weighted by Crippen LogP contribution is 2.27. The third-order valence-electron chi connectivity index (χ3n) is 2.33. The Balaban J connectivity index is 2.97. The number of rotatable bonds is 1. The van der Waals surface area contributed by atoms with Crippen LogP contribution in [0.4, 0.5) is 0 Å². The topological polar surface area (TPSA) is 55.1 Å². The summed E-state index contributed by atoms with van der Waals surface area (Å²) >= 11 is 3.26. The van der Waals surface area contributed by atoms with Crippen molar-refractivity contribution >= 4 is 32.9 Å². The molecule has 0 unspecified atom stereocenters. The monoisotopic (exact) mass is 268 g/mol. The minimum atomic E-state index is -0.941. The van der Waals surface area contributed by atoms with Crippen molar-refractivity contribution < 1.29 is 9.90 Å². The molecular formula is C10H9BrN2O2. The molecule has 0 aliphatic carbocycles. The first kappa shape index (κ1) is 10.2. The first-order valence-corrected chi connectivity index (χ1v) is 5.16. The van der Waals surface area contributed by atoms with E-state index in [1.807, 2.05) is 7.05 Å². The van der Waals surface area contributed by atoms with Gasteiger partial charge in [0.2, 0.25) is 0 Å². The number of hydrogen-bond acceptors (Lipinski definition) is 2. The standard InChI is InChI=1S/C10H9BrN2O2/c1-5-8(11)7(10(14)15)6-3-4-13(2)9(6)12-5/h3-4H,1-2H3,(H,14,15). The predicted molar refractivity (Wildman–Crippen MR) is 60.1 cm³/mol. The first-order chi connectivity index (χ1) is 7.02. The van der Waals surface area contributed by atoms with Crippen LogP contribution in [0.3, 0.4) is 0 Å². The maximum Gasteiger partial charge on any atom is 0.337 e. The third-order valence-corrected chi connectivity index (χ3v) is 3.30. The number of nitrogens with zero attached hydrogens (tertiary/aromatic N) is 2. The largest absolute Gasteiger partial charge is 0.478 e. The van der Waals surface area contributed by atoms with Crippen LogP contribution in [-0.4, -0.2) is 20.6 Å². The van der Waals surface area contributed by atoms with Gasteiger partial charge in [0.05, 0.1) is 15.7 Å². The second-order valence-electron chi connectivity index (χ2n) is 3.36. The number of pyridine rings is 1. The lowest BCUT2D eigenvalue weighted by Gasteiger charge is -2.05. The summed E-state index contributed by atoms with van der Waals surface area (Å²) in [5, 5.41) is 9.79. The highest BCUT2D eigenvalue weighted by Gasteiger charge is 2.17. The molecule has 0 aliphatic heterocycles. The Kier molecular flexibility index (Phi) is 2.26. The van der Waals surface area contributed by atoms with Gasteiger partial charge >= 0.3 is 5.97 Å². The zero-order valence-electron chi connectivity index (χ0n) is 8.28. The minimum absolute atomic E-state index is 0.276. The molecule has 0 radical (unpaired) electrons. The maximum absolute atomic E-state index is 11.1. The number of halogens is 1. The molecule has 0 bridgehead atoms. The molecule has 0 aliphatic rings. The molecule has 0 spiro atoms. The molecule has 0 saturated carbocycles. The van der Waals surface area contributed by atoms with Crippen LogP contribution in [0, 0.1) is 6.92 Å². The Labute approximate surface area is 94.7 Å². The molecule has 0 atom stereocenters. The van der Waals surface area contributed by atoms with Gasteiger partial charge in [-0.1, -0.05) is 0 Å². The van der Waals surface area contributed by atoms with E-state index in [0.29, 0.717) is 21.2 Å². The lowest BCUT2D eigenvalue weighted by molar-refractivity contribution is 0.0698. The van der Waals surface area contributed by atoms with Crippen LogP contribution in [0.15, 0.2) is 16.7 Å². The van der Waals surface area contributed by atoms with Gasteiger partial charge in [0.15, 0.2) is 0 Å². The Hall–Kier alpha value is -1.36. The molecule has 0 saturated heterocycles. The molecule has 15 heavy (non-hydrogen) atoms. The fraction of sp³-hybridized carbons (Fsp3) is 0.200. The molecule has 0 fully saturated rings. The number of fused-ring (bicyclic) bond motifs is 1. The summed E-state index contributed by atoms with van der Waals surface area (Å²) in [6.07, 6.45) is 1.80. The van der Waals surface area contributed by atoms with Crippen molar-refractivity contribution in [3.63, 3.8) is 0 Å². The van der Waals surface area contributed by atoms with Gasteiger partial charge in [-0.05, 0) is 28.9 Å². The summed E-state index contributed by atoms with van der Waals surface area (Å²) in [5.41, 5.74) is 1.65. The van der Waals surface area contributed by atoms with Gasteiger partial charge in [-0.3, -0.25) is 0 Å². The van der Waals surface area contributed by atoms with Crippen molar-refractivity contribution in [3.8, 4) is 0 Å². The van der Waals surface area contributed by atoms with E-state index in [2.05, 4.69) is 20.9 Å². The van der Waals surface area contributed by atoms with Crippen LogP contribution in [-0.2, 0) is 7.05 Å². The van der Waals surface area contributed by atoms with E-state index in [1.165, 1.54) is 0 Å². The average molecular weight is 269 g/mol. The number of carbonyl (C=O) groups is 1. The van der Waals surface area contributed by atoms with Crippen LogP contribution in [0.5, 0.6) is 0 Å². The molecule has 0 amide bonds. The lowest BCUT2D eigenvalue weighted by Crippen LogP contribution is -2.03. The van der Waals surface area contributed by atoms with Gasteiger partial charge in [-0.25, -0.2) is 9.78 Å². The van der Waals surface area contributed by atoms with E-state index in [-0.39, 0.29) is 5.56 Å². The molecule has 2 aromatic heterocycles. The van der Waals surface area contributed by atoms with Crippen LogP contribution >= 0.6 is 15.9 Å². The highest BCUT2D eigenvalue weighted by atomic mass is 79.9. The molecule has 2 rings (SSSR count). The summed E-state index contributed by atoms with van der Waals surface area (Å²) in [5.74, 6) is -0.941. The molecular weight excluding hydrogens is 260 g/mol. The maximum atomic E-state index is 11.1. The van der Waals surface area contributed by atoms with Crippen LogP contribution in [0.2, 0.25) is 0 Å². The van der Waals surface area contributed by atoms with Gasteiger partial charge in [0.1, 0.15) is 5.65 Å². The summed E-state index contributed by atoms with van der Waals surface area (Å²) in [6, 6.07) is 1.76. The normalized spacial score (nSPS) is 10.9. The van der Waals surface area contributed by atoms with Crippen molar-refractivity contribution in [2.24, 2.45) is 7.05 Å². The fourth-order valence-corrected chi connectivity index (χ4v) is 2.04. The van der Waals surface area contributed by atoms with Gasteiger partial charge in [-0.2, -0.15) is 0 Å². The van der Waals surface area contributed by atoms with Crippen molar-refractivity contribution in [2.75, 3.05) is 0 Å². The zero-order chi connectivity index (χ0) is 11.2. The zero-order valence-corrected chi connectivity index (χ0v) is 9.87. The molecule has 5 heteroatoms. The number of hydrogen-bond donors (Lipinski definition) is 1. The molecule has 1 N–H and O–H groups in total. The molecule has 2 heterocycles. The molecule has 4 nitrogen and oxygen atoms in total. The average Bonchev–Trinajstić information content (AvgIpc) is 2.49. The van der Waals surface area contributed by atoms with Crippen LogP contribution < -0.4 is 0 Å². The van der Waals surface area contributed by atoms with Crippen LogP contribution in [0.1, 0.15) is 16.1 Å². The second-order valence-corrected chi connectivity index (χ2v) is 4.15. The van der Waals surface area contributed by atoms with E-state index in [1.54, 1.807) is 23.8 Å². The summed E-state index contributed by atoms with van der Waals surface area (Å²) in [6.45, 7) is 1.78. The number of aryl methyl sites for hydroxylation is 2. The van der Waals surface area contributed by atoms with E-state index in [0.717, 1.165) is 0 Å². The Morgan fingerprint density at radius 1 is 1.60 bits per heavy atom. The number of aromatic nitrogens is 2. The highest BCUT2D eigenvalue weighted by molar-refractivity contribution is 9.10. The summed E-state index contributed by atoms with van der Waals surface area (Å²) in [7, 11) is 1.84. The molecule has 78 valence electrons. The molecule has 0 aromatic carbocycles. The van der Waals surface area contributed by atoms with E-state index < -0.39 is 5.97 Å². The Bertz CT molecular complexity index is 560. The van der Waals surface area contributed by atoms with E-state index >= 15 is 0 Å². The fourth-order valence-electron chi connectivity index (χ4n) is 1.57. The predicted octanol–water partition coefficient (Wildman–Crippen LogP) is 2.34. The molecule has 2 aromatic rings. The quantitative estimate of drug-likeness (QED) is 0.864. The summed E-state index contributed by atoms with van der Waals surface area (Å²) in [4.78, 5) is 15.5. The Morgan fingerprint density at radius 3 is 2.87 bits per heavy atom. The number of carboxylic acid groups (broad SMARTS) is 1. The first-order valence-electron chi connectivity index (χ1n) is 4.36. The van der Waals surface area contributed by atoms with Gasteiger partial charge < -0.3 is 9.67 Å². The van der Waals surface area contributed by atoms with E-state index in [9.17, 15) is 4.79 Å². The number of carboxylic acids is 1. The van der Waals surface area contributed by atoms with Crippen molar-refractivity contribution in [2.45, 2.75) is 6.92 Å². The van der Waals surface area contributed by atoms with Gasteiger partial charge in [0, 0.05) is 18.6 Å². The van der Waals surface area contributed by atoms with Crippen molar-refractivity contribution in [1.29, 1.82) is 0 Å². The number of aromatic carboxylic acids is 1. The lowest BCUT2D eigenvalue weighted by atomic mass is 10.1. The van der Waals surface area contributed by atoms with Gasteiger partial charge in [-0.15, -0.1) is 0 Å². The summed E-state index contributed by atoms with van der Waals surface area (Å²) < 4.78 is 2.36.